The molecular weight excluding hydrogens is 367 g/mol. The maximum absolute atomic E-state index is 12.1. The number of esters is 1. The SMILES string of the molecule is COCCNCCNS(=O)(=O)c1ccc(C(=O)OC)cc1Cl.Cl. The summed E-state index contributed by atoms with van der Waals surface area (Å²) in [5.74, 6) is -0.582. The van der Waals surface area contributed by atoms with Crippen molar-refractivity contribution in [3.8, 4) is 0 Å². The first-order valence-corrected chi connectivity index (χ1v) is 8.35. The first kappa shape index (κ1) is 22.1. The van der Waals surface area contributed by atoms with Gasteiger partial charge in [0.1, 0.15) is 4.90 Å². The van der Waals surface area contributed by atoms with E-state index in [1.54, 1.807) is 7.11 Å². The molecule has 0 heterocycles. The van der Waals surface area contributed by atoms with Crippen LogP contribution >= 0.6 is 24.0 Å². The summed E-state index contributed by atoms with van der Waals surface area (Å²) in [7, 11) is -0.915. The minimum Gasteiger partial charge on any atom is -0.465 e. The largest absolute Gasteiger partial charge is 0.465 e. The molecule has 0 radical (unpaired) electrons. The minimum atomic E-state index is -3.74. The number of carbonyl (C=O) groups is 1. The van der Waals surface area contributed by atoms with Gasteiger partial charge in [-0.1, -0.05) is 11.6 Å². The topological polar surface area (TPSA) is 93.7 Å². The summed E-state index contributed by atoms with van der Waals surface area (Å²) in [5.41, 5.74) is 0.188. The number of methoxy groups -OCH3 is 2. The van der Waals surface area contributed by atoms with Crippen LogP contribution in [0.25, 0.3) is 0 Å². The third kappa shape index (κ3) is 7.03. The molecule has 0 fully saturated rings. The summed E-state index contributed by atoms with van der Waals surface area (Å²) in [4.78, 5) is 11.3. The van der Waals surface area contributed by atoms with Gasteiger partial charge in [0.25, 0.3) is 0 Å². The van der Waals surface area contributed by atoms with Crippen molar-refractivity contribution < 1.29 is 22.7 Å². The standard InChI is InChI=1S/C13H19ClN2O5S.ClH/c1-20-8-7-15-5-6-16-22(18,19)12-4-3-10(9-11(12)14)13(17)21-2;/h3-4,9,15-16H,5-8H2,1-2H3;1H. The summed E-state index contributed by atoms with van der Waals surface area (Å²) in [5, 5.41) is 2.97. The number of rotatable bonds is 9. The molecule has 1 rings (SSSR count). The van der Waals surface area contributed by atoms with Crippen LogP contribution in [0.15, 0.2) is 23.1 Å². The van der Waals surface area contributed by atoms with E-state index in [1.165, 1.54) is 25.3 Å². The zero-order chi connectivity index (χ0) is 16.6. The van der Waals surface area contributed by atoms with Crippen LogP contribution in [0.1, 0.15) is 10.4 Å². The summed E-state index contributed by atoms with van der Waals surface area (Å²) in [6.45, 7) is 1.85. The fraction of sp³-hybridized carbons (Fsp3) is 0.462. The second kappa shape index (κ2) is 10.8. The van der Waals surface area contributed by atoms with Crippen LogP contribution in [0.4, 0.5) is 0 Å². The summed E-state index contributed by atoms with van der Waals surface area (Å²) in [6, 6.07) is 3.89. The Kier molecular flexibility index (Phi) is 10.4. The quantitative estimate of drug-likeness (QED) is 0.486. The fourth-order valence-corrected chi connectivity index (χ4v) is 3.19. The lowest BCUT2D eigenvalue weighted by Gasteiger charge is -2.10. The van der Waals surface area contributed by atoms with Gasteiger partial charge in [0.2, 0.25) is 10.0 Å². The van der Waals surface area contributed by atoms with Gasteiger partial charge in [-0.05, 0) is 18.2 Å². The van der Waals surface area contributed by atoms with Crippen molar-refractivity contribution in [2.75, 3.05) is 40.5 Å². The van der Waals surface area contributed by atoms with Crippen LogP contribution in [-0.4, -0.2) is 54.8 Å². The van der Waals surface area contributed by atoms with E-state index in [0.29, 0.717) is 19.7 Å². The van der Waals surface area contributed by atoms with Gasteiger partial charge in [0.05, 0.1) is 24.3 Å². The van der Waals surface area contributed by atoms with Crippen LogP contribution in [-0.2, 0) is 19.5 Å². The van der Waals surface area contributed by atoms with Crippen LogP contribution in [0.5, 0.6) is 0 Å². The number of hydrogen-bond acceptors (Lipinski definition) is 6. The van der Waals surface area contributed by atoms with Crippen molar-refractivity contribution in [3.63, 3.8) is 0 Å². The van der Waals surface area contributed by atoms with E-state index in [9.17, 15) is 13.2 Å². The molecule has 0 saturated carbocycles. The zero-order valence-electron chi connectivity index (χ0n) is 12.8. The van der Waals surface area contributed by atoms with E-state index >= 15 is 0 Å². The molecule has 0 bridgehead atoms. The molecular formula is C13H20Cl2N2O5S. The maximum Gasteiger partial charge on any atom is 0.337 e. The normalized spacial score (nSPS) is 10.9. The Morgan fingerprint density at radius 2 is 1.91 bits per heavy atom. The lowest BCUT2D eigenvalue weighted by Crippen LogP contribution is -2.33. The van der Waals surface area contributed by atoms with E-state index in [2.05, 4.69) is 14.8 Å². The van der Waals surface area contributed by atoms with Crippen LogP contribution < -0.4 is 10.0 Å². The highest BCUT2D eigenvalue weighted by molar-refractivity contribution is 7.89. The van der Waals surface area contributed by atoms with Crippen molar-refractivity contribution in [2.24, 2.45) is 0 Å². The summed E-state index contributed by atoms with van der Waals surface area (Å²) >= 11 is 5.94. The number of sulfonamides is 1. The third-order valence-electron chi connectivity index (χ3n) is 2.72. The van der Waals surface area contributed by atoms with E-state index in [1.807, 2.05) is 0 Å². The van der Waals surface area contributed by atoms with Gasteiger partial charge < -0.3 is 14.8 Å². The van der Waals surface area contributed by atoms with Crippen molar-refractivity contribution in [2.45, 2.75) is 4.90 Å². The van der Waals surface area contributed by atoms with Crippen molar-refractivity contribution in [1.29, 1.82) is 0 Å². The highest BCUT2D eigenvalue weighted by Crippen LogP contribution is 2.22. The smallest absolute Gasteiger partial charge is 0.337 e. The Morgan fingerprint density at radius 1 is 1.22 bits per heavy atom. The number of hydrogen-bond donors (Lipinski definition) is 2. The number of ether oxygens (including phenoxy) is 2. The second-order valence-corrected chi connectivity index (χ2v) is 6.42. The second-order valence-electron chi connectivity index (χ2n) is 4.28. The number of nitrogens with one attached hydrogen (secondary N) is 2. The summed E-state index contributed by atoms with van der Waals surface area (Å²) in [6.07, 6.45) is 0. The van der Waals surface area contributed by atoms with Crippen molar-refractivity contribution in [3.05, 3.63) is 28.8 Å². The minimum absolute atomic E-state index is 0. The van der Waals surface area contributed by atoms with Gasteiger partial charge in [-0.15, -0.1) is 12.4 Å². The molecule has 0 aromatic heterocycles. The predicted octanol–water partition coefficient (Wildman–Crippen LogP) is 1.06. The molecule has 132 valence electrons. The lowest BCUT2D eigenvalue weighted by molar-refractivity contribution is 0.0600. The molecule has 1 aromatic carbocycles. The van der Waals surface area contributed by atoms with Crippen LogP contribution in [0.2, 0.25) is 5.02 Å². The molecule has 0 unspecified atom stereocenters. The van der Waals surface area contributed by atoms with E-state index in [-0.39, 0.29) is 34.4 Å². The highest BCUT2D eigenvalue weighted by Gasteiger charge is 2.19. The first-order valence-electron chi connectivity index (χ1n) is 6.49. The van der Waals surface area contributed by atoms with E-state index in [4.69, 9.17) is 16.3 Å². The van der Waals surface area contributed by atoms with Crippen molar-refractivity contribution >= 4 is 40.0 Å². The summed E-state index contributed by atoms with van der Waals surface area (Å²) < 4.78 is 36.1. The highest BCUT2D eigenvalue weighted by atomic mass is 35.5. The van der Waals surface area contributed by atoms with Crippen molar-refractivity contribution in [1.82, 2.24) is 10.0 Å². The Balaban J connectivity index is 0.00000484. The van der Waals surface area contributed by atoms with E-state index < -0.39 is 16.0 Å². The van der Waals surface area contributed by atoms with E-state index in [0.717, 1.165) is 0 Å². The van der Waals surface area contributed by atoms with Gasteiger partial charge in [-0.3, -0.25) is 0 Å². The number of benzene rings is 1. The van der Waals surface area contributed by atoms with Gasteiger partial charge in [0.15, 0.2) is 0 Å². The molecule has 23 heavy (non-hydrogen) atoms. The Bertz CT molecular complexity index is 610. The number of carbonyl (C=O) groups excluding carboxylic acids is 1. The van der Waals surface area contributed by atoms with Gasteiger partial charge in [-0.25, -0.2) is 17.9 Å². The molecule has 2 N–H and O–H groups in total. The molecule has 0 atom stereocenters. The predicted molar refractivity (Wildman–Crippen MR) is 90.0 cm³/mol. The third-order valence-corrected chi connectivity index (χ3v) is 4.66. The lowest BCUT2D eigenvalue weighted by atomic mass is 10.2. The molecule has 0 saturated heterocycles. The molecule has 10 heteroatoms. The number of halogens is 2. The fourth-order valence-electron chi connectivity index (χ4n) is 1.61. The molecule has 0 aliphatic carbocycles. The average Bonchev–Trinajstić information content (AvgIpc) is 2.49. The monoisotopic (exact) mass is 386 g/mol. The molecule has 7 nitrogen and oxygen atoms in total. The molecule has 0 amide bonds. The van der Waals surface area contributed by atoms with Gasteiger partial charge in [-0.2, -0.15) is 0 Å². The average molecular weight is 387 g/mol. The van der Waals surface area contributed by atoms with Gasteiger partial charge in [0, 0.05) is 26.7 Å². The maximum atomic E-state index is 12.1. The molecule has 0 aliphatic rings. The molecule has 0 aliphatic heterocycles. The Hall–Kier alpha value is -0.900. The van der Waals surface area contributed by atoms with Crippen LogP contribution in [0.3, 0.4) is 0 Å². The molecule has 1 aromatic rings. The Morgan fingerprint density at radius 3 is 2.48 bits per heavy atom. The Labute approximate surface area is 147 Å². The van der Waals surface area contributed by atoms with Crippen LogP contribution in [0, 0.1) is 0 Å². The first-order chi connectivity index (χ1) is 10.4. The zero-order valence-corrected chi connectivity index (χ0v) is 15.2. The molecule has 0 spiro atoms. The van der Waals surface area contributed by atoms with Gasteiger partial charge >= 0.3 is 5.97 Å².